The Kier molecular flexibility index (Phi) is 5.79. The molecule has 2 aromatic rings. The highest BCUT2D eigenvalue weighted by Gasteiger charge is 2.34. The molecule has 1 aliphatic carbocycles. The first-order chi connectivity index (χ1) is 13.0. The third kappa shape index (κ3) is 4.67. The summed E-state index contributed by atoms with van der Waals surface area (Å²) in [5, 5.41) is 5.84. The van der Waals surface area contributed by atoms with Gasteiger partial charge in [-0.2, -0.15) is 0 Å². The van der Waals surface area contributed by atoms with Crippen molar-refractivity contribution >= 4 is 23.2 Å². The Morgan fingerprint density at radius 2 is 1.41 bits per heavy atom. The third-order valence-corrected chi connectivity index (χ3v) is 5.26. The maximum atomic E-state index is 12.6. The summed E-state index contributed by atoms with van der Waals surface area (Å²) in [7, 11) is 1.60. The second kappa shape index (κ2) is 8.25. The van der Waals surface area contributed by atoms with Crippen LogP contribution in [0.3, 0.4) is 0 Å². The summed E-state index contributed by atoms with van der Waals surface area (Å²) in [6.45, 7) is 2.04. The smallest absolute Gasteiger partial charge is 0.255 e. The quantitative estimate of drug-likeness (QED) is 0.794. The molecule has 5 heteroatoms. The molecule has 2 aromatic carbocycles. The maximum Gasteiger partial charge on any atom is 0.255 e. The summed E-state index contributed by atoms with van der Waals surface area (Å²) in [6, 6.07) is 14.1. The molecule has 3 rings (SSSR count). The molecule has 2 N–H and O–H groups in total. The SMILES string of the molecule is COc1ccc(NC(=O)c2ccc(NC(=O)C3(C)CCCCC3)cc2)cc1. The molecule has 1 saturated carbocycles. The average Bonchev–Trinajstić information content (AvgIpc) is 2.69. The van der Waals surface area contributed by atoms with Gasteiger partial charge in [0.1, 0.15) is 5.75 Å². The van der Waals surface area contributed by atoms with Crippen LogP contribution in [0.5, 0.6) is 5.75 Å². The Morgan fingerprint density at radius 3 is 2.00 bits per heavy atom. The minimum atomic E-state index is -0.289. The van der Waals surface area contributed by atoms with Gasteiger partial charge in [-0.25, -0.2) is 0 Å². The lowest BCUT2D eigenvalue weighted by molar-refractivity contribution is -0.126. The van der Waals surface area contributed by atoms with Gasteiger partial charge in [0.2, 0.25) is 5.91 Å². The van der Waals surface area contributed by atoms with Crippen molar-refractivity contribution in [2.24, 2.45) is 5.41 Å². The van der Waals surface area contributed by atoms with Crippen molar-refractivity contribution in [2.75, 3.05) is 17.7 Å². The van der Waals surface area contributed by atoms with E-state index in [-0.39, 0.29) is 17.2 Å². The van der Waals surface area contributed by atoms with Crippen LogP contribution in [0.4, 0.5) is 11.4 Å². The predicted molar refractivity (Wildman–Crippen MR) is 107 cm³/mol. The molecule has 0 atom stereocenters. The molecular weight excluding hydrogens is 340 g/mol. The van der Waals surface area contributed by atoms with Gasteiger partial charge in [-0.3, -0.25) is 9.59 Å². The second-order valence-corrected chi connectivity index (χ2v) is 7.34. The fourth-order valence-corrected chi connectivity index (χ4v) is 3.42. The first kappa shape index (κ1) is 19.0. The van der Waals surface area contributed by atoms with Crippen molar-refractivity contribution in [1.82, 2.24) is 0 Å². The summed E-state index contributed by atoms with van der Waals surface area (Å²) >= 11 is 0. The molecule has 0 heterocycles. The van der Waals surface area contributed by atoms with Gasteiger partial charge in [-0.15, -0.1) is 0 Å². The van der Waals surface area contributed by atoms with Gasteiger partial charge in [-0.05, 0) is 61.4 Å². The number of methoxy groups -OCH3 is 1. The monoisotopic (exact) mass is 366 g/mol. The van der Waals surface area contributed by atoms with Crippen LogP contribution in [0, 0.1) is 5.41 Å². The van der Waals surface area contributed by atoms with Crippen molar-refractivity contribution < 1.29 is 14.3 Å². The van der Waals surface area contributed by atoms with Crippen LogP contribution in [-0.4, -0.2) is 18.9 Å². The van der Waals surface area contributed by atoms with Gasteiger partial charge < -0.3 is 15.4 Å². The van der Waals surface area contributed by atoms with Crippen LogP contribution >= 0.6 is 0 Å². The van der Waals surface area contributed by atoms with Crippen molar-refractivity contribution in [2.45, 2.75) is 39.0 Å². The Morgan fingerprint density at radius 1 is 0.852 bits per heavy atom. The molecule has 2 amide bonds. The van der Waals surface area contributed by atoms with Crippen LogP contribution in [0.1, 0.15) is 49.4 Å². The Balaban J connectivity index is 1.60. The van der Waals surface area contributed by atoms with Crippen LogP contribution in [0.15, 0.2) is 48.5 Å². The van der Waals surface area contributed by atoms with Gasteiger partial charge >= 0.3 is 0 Å². The number of rotatable bonds is 5. The van der Waals surface area contributed by atoms with E-state index in [0.717, 1.165) is 31.4 Å². The van der Waals surface area contributed by atoms with E-state index in [1.165, 1.54) is 6.42 Å². The number of nitrogens with one attached hydrogen (secondary N) is 2. The zero-order chi connectivity index (χ0) is 19.3. The van der Waals surface area contributed by atoms with Crippen LogP contribution < -0.4 is 15.4 Å². The minimum absolute atomic E-state index is 0.0673. The maximum absolute atomic E-state index is 12.6. The largest absolute Gasteiger partial charge is 0.497 e. The van der Waals surface area contributed by atoms with E-state index in [9.17, 15) is 9.59 Å². The Bertz CT molecular complexity index is 791. The standard InChI is InChI=1S/C22H26N2O3/c1-22(14-4-3-5-15-22)21(26)24-18-8-6-16(7-9-18)20(25)23-17-10-12-19(27-2)13-11-17/h6-13H,3-5,14-15H2,1-2H3,(H,23,25)(H,24,26). The van der Waals surface area contributed by atoms with E-state index < -0.39 is 0 Å². The van der Waals surface area contributed by atoms with Gasteiger partial charge in [0, 0.05) is 22.4 Å². The highest BCUT2D eigenvalue weighted by Crippen LogP contribution is 2.36. The third-order valence-electron chi connectivity index (χ3n) is 5.26. The number of hydrogen-bond donors (Lipinski definition) is 2. The zero-order valence-corrected chi connectivity index (χ0v) is 15.9. The van der Waals surface area contributed by atoms with E-state index in [0.29, 0.717) is 16.9 Å². The minimum Gasteiger partial charge on any atom is -0.497 e. The summed E-state index contributed by atoms with van der Waals surface area (Å²) in [5.74, 6) is 0.606. The molecule has 0 unspecified atom stereocenters. The lowest BCUT2D eigenvalue weighted by Gasteiger charge is -2.32. The summed E-state index contributed by atoms with van der Waals surface area (Å²) < 4.78 is 5.11. The van der Waals surface area contributed by atoms with Crippen LogP contribution in [0.2, 0.25) is 0 Å². The molecule has 0 radical (unpaired) electrons. The van der Waals surface area contributed by atoms with Gasteiger partial charge in [0.05, 0.1) is 7.11 Å². The first-order valence-corrected chi connectivity index (χ1v) is 9.37. The van der Waals surface area contributed by atoms with Gasteiger partial charge in [0.25, 0.3) is 5.91 Å². The fraction of sp³-hybridized carbons (Fsp3) is 0.364. The number of ether oxygens (including phenoxy) is 1. The van der Waals surface area contributed by atoms with Crippen molar-refractivity contribution in [3.05, 3.63) is 54.1 Å². The van der Waals surface area contributed by atoms with Crippen molar-refractivity contribution in [3.63, 3.8) is 0 Å². The molecule has 0 aliphatic heterocycles. The number of carbonyl (C=O) groups is 2. The number of amides is 2. The predicted octanol–water partition coefficient (Wildman–Crippen LogP) is 4.86. The molecule has 0 saturated heterocycles. The molecule has 1 aliphatic rings. The zero-order valence-electron chi connectivity index (χ0n) is 15.9. The normalized spacial score (nSPS) is 15.6. The fourth-order valence-electron chi connectivity index (χ4n) is 3.42. The molecule has 0 aromatic heterocycles. The lowest BCUT2D eigenvalue weighted by Crippen LogP contribution is -2.35. The summed E-state index contributed by atoms with van der Waals surface area (Å²) in [6.07, 6.45) is 5.28. The summed E-state index contributed by atoms with van der Waals surface area (Å²) in [5.41, 5.74) is 1.66. The number of benzene rings is 2. The van der Waals surface area contributed by atoms with Gasteiger partial charge in [-0.1, -0.05) is 26.2 Å². The number of anilines is 2. The average molecular weight is 366 g/mol. The Hall–Kier alpha value is -2.82. The van der Waals surface area contributed by atoms with Gasteiger partial charge in [0.15, 0.2) is 0 Å². The first-order valence-electron chi connectivity index (χ1n) is 9.37. The topological polar surface area (TPSA) is 67.4 Å². The number of carbonyl (C=O) groups excluding carboxylic acids is 2. The molecular formula is C22H26N2O3. The lowest BCUT2D eigenvalue weighted by atomic mass is 9.75. The van der Waals surface area contributed by atoms with Crippen LogP contribution in [0.25, 0.3) is 0 Å². The van der Waals surface area contributed by atoms with Crippen LogP contribution in [-0.2, 0) is 4.79 Å². The second-order valence-electron chi connectivity index (χ2n) is 7.34. The van der Waals surface area contributed by atoms with E-state index in [1.807, 2.05) is 6.92 Å². The van der Waals surface area contributed by atoms with E-state index >= 15 is 0 Å². The Labute approximate surface area is 160 Å². The highest BCUT2D eigenvalue weighted by atomic mass is 16.5. The van der Waals surface area contributed by atoms with Crippen molar-refractivity contribution in [1.29, 1.82) is 0 Å². The van der Waals surface area contributed by atoms with E-state index in [4.69, 9.17) is 4.74 Å². The molecule has 5 nitrogen and oxygen atoms in total. The highest BCUT2D eigenvalue weighted by molar-refractivity contribution is 6.04. The molecule has 0 spiro atoms. The summed E-state index contributed by atoms with van der Waals surface area (Å²) in [4.78, 5) is 25.0. The molecule has 142 valence electrons. The van der Waals surface area contributed by atoms with E-state index in [1.54, 1.807) is 55.6 Å². The molecule has 0 bridgehead atoms. The number of hydrogen-bond acceptors (Lipinski definition) is 3. The molecule has 27 heavy (non-hydrogen) atoms. The molecule has 1 fully saturated rings. The van der Waals surface area contributed by atoms with Crippen molar-refractivity contribution in [3.8, 4) is 5.75 Å². The van der Waals surface area contributed by atoms with E-state index in [2.05, 4.69) is 10.6 Å².